The van der Waals surface area contributed by atoms with E-state index < -0.39 is 0 Å². The highest BCUT2D eigenvalue weighted by Gasteiger charge is 2.13. The Balaban J connectivity index is 3.61. The number of nitrogens with two attached hydrogens (primary N) is 1. The van der Waals surface area contributed by atoms with E-state index in [1.54, 1.807) is 0 Å². The van der Waals surface area contributed by atoms with Crippen molar-refractivity contribution in [2.24, 2.45) is 11.7 Å². The molecule has 0 aromatic carbocycles. The third kappa shape index (κ3) is 4.11. The molecule has 0 fully saturated rings. The van der Waals surface area contributed by atoms with Crippen molar-refractivity contribution in [1.29, 1.82) is 0 Å². The molecule has 0 saturated carbocycles. The van der Waals surface area contributed by atoms with E-state index >= 15 is 0 Å². The molecule has 0 saturated heterocycles. The Morgan fingerprint density at radius 3 is 2.55 bits per heavy atom. The van der Waals surface area contributed by atoms with Gasteiger partial charge in [0.2, 0.25) is 0 Å². The summed E-state index contributed by atoms with van der Waals surface area (Å²) in [5, 5.41) is 0. The van der Waals surface area contributed by atoms with E-state index in [1.807, 2.05) is 13.8 Å². The van der Waals surface area contributed by atoms with Gasteiger partial charge in [-0.25, -0.2) is 0 Å². The Bertz CT molecular complexity index is 111. The van der Waals surface area contributed by atoms with Gasteiger partial charge in [0.25, 0.3) is 0 Å². The second-order valence-electron chi connectivity index (χ2n) is 2.44. The molecule has 0 radical (unpaired) electrons. The minimum atomic E-state index is -0.0125. The van der Waals surface area contributed by atoms with E-state index in [9.17, 15) is 4.79 Å². The van der Waals surface area contributed by atoms with Crippen LogP contribution >= 0.6 is 0 Å². The van der Waals surface area contributed by atoms with Crippen LogP contribution in [-0.4, -0.2) is 25.5 Å². The van der Waals surface area contributed by atoms with Crippen LogP contribution in [0.4, 0.5) is 0 Å². The van der Waals surface area contributed by atoms with E-state index in [1.165, 1.54) is 0 Å². The van der Waals surface area contributed by atoms with Crippen LogP contribution in [0.2, 0.25) is 0 Å². The molecule has 0 aromatic rings. The smallest absolute Gasteiger partial charge is 0.162 e. The largest absolute Gasteiger partial charge is 0.374 e. The summed E-state index contributed by atoms with van der Waals surface area (Å²) in [7, 11) is 0. The van der Waals surface area contributed by atoms with Crippen LogP contribution in [0.15, 0.2) is 0 Å². The first-order valence-electron chi connectivity index (χ1n) is 4.06. The normalized spacial score (nSPS) is 13.0. The number of carbonyl (C=O) groups excluding carboxylic acids is 1. The first-order chi connectivity index (χ1) is 5.26. The van der Waals surface area contributed by atoms with Gasteiger partial charge in [0, 0.05) is 19.1 Å². The van der Waals surface area contributed by atoms with E-state index in [2.05, 4.69) is 0 Å². The standard InChI is InChI=1S/C8H17NO2/c1-3-7(5-9)8(10)6-11-4-2/h7H,3-6,9H2,1-2H3. The summed E-state index contributed by atoms with van der Waals surface area (Å²) in [5.74, 6) is 0.110. The van der Waals surface area contributed by atoms with Crippen molar-refractivity contribution < 1.29 is 9.53 Å². The number of ketones is 1. The van der Waals surface area contributed by atoms with Gasteiger partial charge in [0.05, 0.1) is 0 Å². The molecular weight excluding hydrogens is 142 g/mol. The molecule has 66 valence electrons. The van der Waals surface area contributed by atoms with Gasteiger partial charge in [-0.2, -0.15) is 0 Å². The van der Waals surface area contributed by atoms with Crippen molar-refractivity contribution in [3.05, 3.63) is 0 Å². The lowest BCUT2D eigenvalue weighted by Gasteiger charge is -2.09. The summed E-state index contributed by atoms with van der Waals surface area (Å²) in [4.78, 5) is 11.2. The molecule has 3 nitrogen and oxygen atoms in total. The minimum Gasteiger partial charge on any atom is -0.374 e. The number of Topliss-reactive ketones (excluding diaryl/α,β-unsaturated/α-hetero) is 1. The zero-order valence-corrected chi connectivity index (χ0v) is 7.30. The quantitative estimate of drug-likeness (QED) is 0.616. The van der Waals surface area contributed by atoms with Gasteiger partial charge in [0.1, 0.15) is 6.61 Å². The Morgan fingerprint density at radius 2 is 2.18 bits per heavy atom. The van der Waals surface area contributed by atoms with Crippen molar-refractivity contribution in [3.8, 4) is 0 Å². The van der Waals surface area contributed by atoms with Crippen LogP contribution in [0.1, 0.15) is 20.3 Å². The lowest BCUT2D eigenvalue weighted by molar-refractivity contribution is -0.127. The summed E-state index contributed by atoms with van der Waals surface area (Å²) >= 11 is 0. The fourth-order valence-corrected chi connectivity index (χ4v) is 0.846. The molecule has 11 heavy (non-hydrogen) atoms. The SMILES string of the molecule is CCOCC(=O)C(CC)CN. The summed E-state index contributed by atoms with van der Waals surface area (Å²) in [6.45, 7) is 5.07. The third-order valence-electron chi connectivity index (χ3n) is 1.68. The summed E-state index contributed by atoms with van der Waals surface area (Å²) < 4.78 is 4.97. The van der Waals surface area contributed by atoms with Crippen LogP contribution in [0.3, 0.4) is 0 Å². The highest BCUT2D eigenvalue weighted by atomic mass is 16.5. The highest BCUT2D eigenvalue weighted by molar-refractivity contribution is 5.82. The maximum atomic E-state index is 11.2. The van der Waals surface area contributed by atoms with Gasteiger partial charge in [-0.1, -0.05) is 6.92 Å². The van der Waals surface area contributed by atoms with Gasteiger partial charge in [-0.3, -0.25) is 4.79 Å². The number of ether oxygens (including phenoxy) is 1. The first kappa shape index (κ1) is 10.6. The molecule has 1 unspecified atom stereocenters. The second-order valence-corrected chi connectivity index (χ2v) is 2.44. The summed E-state index contributed by atoms with van der Waals surface area (Å²) in [5.41, 5.74) is 5.38. The molecule has 0 spiro atoms. The third-order valence-corrected chi connectivity index (χ3v) is 1.68. The summed E-state index contributed by atoms with van der Waals surface area (Å²) in [6.07, 6.45) is 0.808. The fourth-order valence-electron chi connectivity index (χ4n) is 0.846. The Hall–Kier alpha value is -0.410. The molecular formula is C8H17NO2. The van der Waals surface area contributed by atoms with Gasteiger partial charge in [0.15, 0.2) is 5.78 Å². The van der Waals surface area contributed by atoms with Crippen LogP contribution in [0.5, 0.6) is 0 Å². The molecule has 0 aromatic heterocycles. The molecule has 0 rings (SSSR count). The second kappa shape index (κ2) is 6.31. The predicted molar refractivity (Wildman–Crippen MR) is 44.3 cm³/mol. The average molecular weight is 159 g/mol. The fraction of sp³-hybridized carbons (Fsp3) is 0.875. The van der Waals surface area contributed by atoms with Gasteiger partial charge in [-0.05, 0) is 13.3 Å². The molecule has 0 heterocycles. The Labute approximate surface area is 67.9 Å². The monoisotopic (exact) mass is 159 g/mol. The summed E-state index contributed by atoms with van der Waals surface area (Å²) in [6, 6.07) is 0. The van der Waals surface area contributed by atoms with Crippen molar-refractivity contribution >= 4 is 5.78 Å². The van der Waals surface area contributed by atoms with Crippen molar-refractivity contribution in [3.63, 3.8) is 0 Å². The topological polar surface area (TPSA) is 52.3 Å². The van der Waals surface area contributed by atoms with Crippen LogP contribution in [-0.2, 0) is 9.53 Å². The van der Waals surface area contributed by atoms with Gasteiger partial charge < -0.3 is 10.5 Å². The molecule has 0 amide bonds. The van der Waals surface area contributed by atoms with Crippen LogP contribution < -0.4 is 5.73 Å². The van der Waals surface area contributed by atoms with Gasteiger partial charge >= 0.3 is 0 Å². The molecule has 0 aliphatic carbocycles. The van der Waals surface area contributed by atoms with Crippen LogP contribution in [0, 0.1) is 5.92 Å². The Kier molecular flexibility index (Phi) is 6.07. The Morgan fingerprint density at radius 1 is 1.55 bits per heavy atom. The lowest BCUT2D eigenvalue weighted by Crippen LogP contribution is -2.26. The maximum absolute atomic E-state index is 11.2. The molecule has 2 N–H and O–H groups in total. The number of rotatable bonds is 6. The molecule has 0 bridgehead atoms. The van der Waals surface area contributed by atoms with Crippen molar-refractivity contribution in [2.45, 2.75) is 20.3 Å². The van der Waals surface area contributed by atoms with Gasteiger partial charge in [-0.15, -0.1) is 0 Å². The molecule has 0 aliphatic heterocycles. The molecule has 3 heteroatoms. The van der Waals surface area contributed by atoms with Crippen LogP contribution in [0.25, 0.3) is 0 Å². The number of carbonyl (C=O) groups is 1. The van der Waals surface area contributed by atoms with E-state index in [0.717, 1.165) is 6.42 Å². The average Bonchev–Trinajstić information content (AvgIpc) is 2.03. The number of hydrogen-bond donors (Lipinski definition) is 1. The van der Waals surface area contributed by atoms with E-state index in [-0.39, 0.29) is 18.3 Å². The zero-order valence-electron chi connectivity index (χ0n) is 7.30. The van der Waals surface area contributed by atoms with E-state index in [4.69, 9.17) is 10.5 Å². The molecule has 1 atom stereocenters. The first-order valence-corrected chi connectivity index (χ1v) is 4.06. The predicted octanol–water partition coefficient (Wildman–Crippen LogP) is 0.577. The minimum absolute atomic E-state index is 0.0125. The lowest BCUT2D eigenvalue weighted by atomic mass is 10.0. The maximum Gasteiger partial charge on any atom is 0.162 e. The van der Waals surface area contributed by atoms with E-state index in [0.29, 0.717) is 13.2 Å². The molecule has 0 aliphatic rings. The highest BCUT2D eigenvalue weighted by Crippen LogP contribution is 2.01. The van der Waals surface area contributed by atoms with Crippen molar-refractivity contribution in [2.75, 3.05) is 19.8 Å². The zero-order chi connectivity index (χ0) is 8.69. The van der Waals surface area contributed by atoms with Crippen molar-refractivity contribution in [1.82, 2.24) is 0 Å². The number of hydrogen-bond acceptors (Lipinski definition) is 3.